The fraction of sp³-hybridized carbons (Fsp3) is 0.250. The number of rotatable bonds is 6. The van der Waals surface area contributed by atoms with Crippen molar-refractivity contribution in [3.63, 3.8) is 0 Å². The molecule has 5 heteroatoms. The van der Waals surface area contributed by atoms with E-state index in [9.17, 15) is 9.90 Å². The van der Waals surface area contributed by atoms with Gasteiger partial charge < -0.3 is 9.84 Å². The molecule has 1 aromatic carbocycles. The fourth-order valence-electron chi connectivity index (χ4n) is 2.18. The number of methoxy groups -OCH3 is 1. The van der Waals surface area contributed by atoms with E-state index in [4.69, 9.17) is 4.74 Å². The van der Waals surface area contributed by atoms with Gasteiger partial charge in [0.15, 0.2) is 0 Å². The molecule has 0 spiro atoms. The summed E-state index contributed by atoms with van der Waals surface area (Å²) in [5.41, 5.74) is 1.85. The lowest BCUT2D eigenvalue weighted by Crippen LogP contribution is -2.19. The number of carbonyl (C=O) groups is 1. The molecule has 1 heterocycles. The molecular formula is C16H16BrNO3. The summed E-state index contributed by atoms with van der Waals surface area (Å²) in [5, 5.41) is 9.43. The molecular weight excluding hydrogens is 334 g/mol. The van der Waals surface area contributed by atoms with E-state index in [1.807, 2.05) is 30.3 Å². The average Bonchev–Trinajstić information content (AvgIpc) is 2.47. The van der Waals surface area contributed by atoms with Crippen LogP contribution in [0.5, 0.6) is 5.75 Å². The Bertz CT molecular complexity index is 630. The predicted octanol–water partition coefficient (Wildman–Crippen LogP) is 3.34. The molecule has 4 nitrogen and oxygen atoms in total. The van der Waals surface area contributed by atoms with E-state index in [1.165, 1.54) is 0 Å². The van der Waals surface area contributed by atoms with Gasteiger partial charge in [0.05, 0.1) is 13.0 Å². The molecule has 1 N–H and O–H groups in total. The maximum Gasteiger partial charge on any atom is 0.307 e. The van der Waals surface area contributed by atoms with Gasteiger partial charge in [-0.05, 0) is 58.1 Å². The zero-order valence-electron chi connectivity index (χ0n) is 11.6. The van der Waals surface area contributed by atoms with Crippen molar-refractivity contribution in [3.8, 4) is 5.75 Å². The lowest BCUT2D eigenvalue weighted by atomic mass is 9.93. The summed E-state index contributed by atoms with van der Waals surface area (Å²) in [5.74, 6) is -0.563. The lowest BCUT2D eigenvalue weighted by molar-refractivity contribution is -0.141. The quantitative estimate of drug-likeness (QED) is 0.868. The summed E-state index contributed by atoms with van der Waals surface area (Å²) >= 11 is 3.35. The number of carboxylic acid groups (broad SMARTS) is 1. The van der Waals surface area contributed by atoms with Crippen molar-refractivity contribution in [3.05, 3.63) is 58.3 Å². The van der Waals surface area contributed by atoms with E-state index in [-0.39, 0.29) is 0 Å². The molecule has 110 valence electrons. The second-order valence-electron chi connectivity index (χ2n) is 4.81. The number of benzene rings is 1. The Kier molecular flexibility index (Phi) is 5.33. The minimum atomic E-state index is -0.808. The van der Waals surface area contributed by atoms with Crippen LogP contribution in [-0.2, 0) is 17.6 Å². The number of ether oxygens (including phenoxy) is 1. The number of hydrogen-bond acceptors (Lipinski definition) is 3. The molecule has 0 radical (unpaired) electrons. The van der Waals surface area contributed by atoms with Crippen LogP contribution in [-0.4, -0.2) is 23.2 Å². The number of carboxylic acids is 1. The van der Waals surface area contributed by atoms with Crippen molar-refractivity contribution in [2.75, 3.05) is 7.11 Å². The number of aliphatic carboxylic acids is 1. The van der Waals surface area contributed by atoms with Crippen molar-refractivity contribution >= 4 is 21.9 Å². The van der Waals surface area contributed by atoms with E-state index in [1.54, 1.807) is 19.5 Å². The first-order valence-electron chi connectivity index (χ1n) is 6.53. The molecule has 0 aliphatic heterocycles. The molecule has 0 bridgehead atoms. The zero-order valence-corrected chi connectivity index (χ0v) is 13.2. The van der Waals surface area contributed by atoms with Gasteiger partial charge in [0.25, 0.3) is 0 Å². The molecule has 0 fully saturated rings. The number of aromatic nitrogens is 1. The maximum absolute atomic E-state index is 11.5. The van der Waals surface area contributed by atoms with Crippen LogP contribution in [0, 0.1) is 5.92 Å². The average molecular weight is 350 g/mol. The fourth-order valence-corrected chi connectivity index (χ4v) is 2.59. The second kappa shape index (κ2) is 7.22. The summed E-state index contributed by atoms with van der Waals surface area (Å²) in [7, 11) is 1.60. The second-order valence-corrected chi connectivity index (χ2v) is 5.72. The van der Waals surface area contributed by atoms with Gasteiger partial charge in [-0.15, -0.1) is 0 Å². The van der Waals surface area contributed by atoms with Gasteiger partial charge in [0, 0.05) is 16.9 Å². The Morgan fingerprint density at radius 1 is 1.29 bits per heavy atom. The lowest BCUT2D eigenvalue weighted by Gasteiger charge is -2.13. The molecule has 0 aliphatic rings. The van der Waals surface area contributed by atoms with Crippen LogP contribution in [0.15, 0.2) is 47.2 Å². The Hall–Kier alpha value is -1.88. The largest absolute Gasteiger partial charge is 0.497 e. The number of nitrogens with zero attached hydrogens (tertiary/aromatic N) is 1. The van der Waals surface area contributed by atoms with Crippen molar-refractivity contribution < 1.29 is 14.6 Å². The van der Waals surface area contributed by atoms with Crippen molar-refractivity contribution in [1.82, 2.24) is 4.98 Å². The van der Waals surface area contributed by atoms with E-state index < -0.39 is 11.9 Å². The SMILES string of the molecule is COc1cccc(CC(Cc2cncc(Br)c2)C(=O)O)c1. The number of pyridine rings is 1. The first-order valence-corrected chi connectivity index (χ1v) is 7.33. The van der Waals surface area contributed by atoms with Gasteiger partial charge in [0.1, 0.15) is 5.75 Å². The topological polar surface area (TPSA) is 59.4 Å². The van der Waals surface area contributed by atoms with Crippen LogP contribution in [0.4, 0.5) is 0 Å². The van der Waals surface area contributed by atoms with Crippen molar-refractivity contribution in [1.29, 1.82) is 0 Å². The highest BCUT2D eigenvalue weighted by Gasteiger charge is 2.19. The molecule has 21 heavy (non-hydrogen) atoms. The van der Waals surface area contributed by atoms with Crippen LogP contribution < -0.4 is 4.74 Å². The zero-order chi connectivity index (χ0) is 15.2. The summed E-state index contributed by atoms with van der Waals surface area (Å²) in [4.78, 5) is 15.6. The smallest absolute Gasteiger partial charge is 0.307 e. The van der Waals surface area contributed by atoms with Crippen molar-refractivity contribution in [2.45, 2.75) is 12.8 Å². The van der Waals surface area contributed by atoms with E-state index in [2.05, 4.69) is 20.9 Å². The molecule has 0 aliphatic carbocycles. The van der Waals surface area contributed by atoms with Crippen LogP contribution in [0.25, 0.3) is 0 Å². The van der Waals surface area contributed by atoms with Crippen molar-refractivity contribution in [2.24, 2.45) is 5.92 Å². The third-order valence-electron chi connectivity index (χ3n) is 3.21. The highest BCUT2D eigenvalue weighted by atomic mass is 79.9. The van der Waals surface area contributed by atoms with Crippen LogP contribution in [0.2, 0.25) is 0 Å². The standard InChI is InChI=1S/C16H16BrNO3/c1-21-15-4-2-3-11(8-15)5-13(16(19)20)6-12-7-14(17)10-18-9-12/h2-4,7-10,13H,5-6H2,1H3,(H,19,20). The Morgan fingerprint density at radius 3 is 2.71 bits per heavy atom. The van der Waals surface area contributed by atoms with Crippen LogP contribution in [0.1, 0.15) is 11.1 Å². The maximum atomic E-state index is 11.5. The normalized spacial score (nSPS) is 11.9. The molecule has 2 aromatic rings. The summed E-state index contributed by atoms with van der Waals surface area (Å²) in [6.45, 7) is 0. The first-order chi connectivity index (χ1) is 10.1. The van der Waals surface area contributed by atoms with E-state index >= 15 is 0 Å². The van der Waals surface area contributed by atoms with E-state index in [0.717, 1.165) is 21.3 Å². The van der Waals surface area contributed by atoms with Gasteiger partial charge in [-0.25, -0.2) is 0 Å². The number of halogens is 1. The highest BCUT2D eigenvalue weighted by Crippen LogP contribution is 2.20. The third kappa shape index (κ3) is 4.56. The molecule has 0 amide bonds. The predicted molar refractivity (Wildman–Crippen MR) is 83.5 cm³/mol. The first kappa shape index (κ1) is 15.5. The monoisotopic (exact) mass is 349 g/mol. The molecule has 1 unspecified atom stereocenters. The van der Waals surface area contributed by atoms with Gasteiger partial charge in [-0.1, -0.05) is 12.1 Å². The molecule has 0 saturated heterocycles. The molecule has 0 saturated carbocycles. The minimum Gasteiger partial charge on any atom is -0.497 e. The Balaban J connectivity index is 2.13. The summed E-state index contributed by atoms with van der Waals surface area (Å²) < 4.78 is 6.02. The van der Waals surface area contributed by atoms with Gasteiger partial charge in [0.2, 0.25) is 0 Å². The third-order valence-corrected chi connectivity index (χ3v) is 3.64. The number of hydrogen-bond donors (Lipinski definition) is 1. The van der Waals surface area contributed by atoms with Gasteiger partial charge >= 0.3 is 5.97 Å². The highest BCUT2D eigenvalue weighted by molar-refractivity contribution is 9.10. The molecule has 2 rings (SSSR count). The summed E-state index contributed by atoms with van der Waals surface area (Å²) in [6, 6.07) is 9.40. The Labute approximate surface area is 131 Å². The Morgan fingerprint density at radius 2 is 2.05 bits per heavy atom. The van der Waals surface area contributed by atoms with Gasteiger partial charge in [-0.3, -0.25) is 9.78 Å². The molecule has 1 aromatic heterocycles. The van der Waals surface area contributed by atoms with Gasteiger partial charge in [-0.2, -0.15) is 0 Å². The van der Waals surface area contributed by atoms with Crippen LogP contribution >= 0.6 is 15.9 Å². The van der Waals surface area contributed by atoms with Crippen LogP contribution in [0.3, 0.4) is 0 Å². The minimum absolute atomic E-state index is 0.443. The summed E-state index contributed by atoms with van der Waals surface area (Å²) in [6.07, 6.45) is 4.28. The molecule has 1 atom stereocenters. The van der Waals surface area contributed by atoms with E-state index in [0.29, 0.717) is 12.8 Å².